The Kier molecular flexibility index (Phi) is 7.44. The molecule has 0 saturated carbocycles. The number of anilines is 1. The molecule has 3 aromatic rings. The fourth-order valence-electron chi connectivity index (χ4n) is 3.84. The first-order valence-corrected chi connectivity index (χ1v) is 12.3. The largest absolute Gasteiger partial charge is 0.507 e. The normalized spacial score (nSPS) is 16.9. The summed E-state index contributed by atoms with van der Waals surface area (Å²) in [5.41, 5.74) is 1.14. The van der Waals surface area contributed by atoms with Gasteiger partial charge in [-0.3, -0.25) is 19.5 Å². The van der Waals surface area contributed by atoms with Crippen LogP contribution < -0.4 is 9.64 Å². The summed E-state index contributed by atoms with van der Waals surface area (Å²) in [5, 5.41) is 11.4. The van der Waals surface area contributed by atoms with Gasteiger partial charge in [0.1, 0.15) is 16.4 Å². The number of aliphatic hydroxyl groups is 1. The molecule has 1 N–H and O–H groups in total. The number of rotatable bonds is 8. The number of ether oxygens (including phenoxy) is 2. The van der Waals surface area contributed by atoms with Crippen LogP contribution in [-0.4, -0.2) is 45.9 Å². The predicted molar refractivity (Wildman–Crippen MR) is 134 cm³/mol. The summed E-state index contributed by atoms with van der Waals surface area (Å²) in [6.45, 7) is 6.06. The van der Waals surface area contributed by atoms with E-state index in [4.69, 9.17) is 9.47 Å². The summed E-state index contributed by atoms with van der Waals surface area (Å²) in [4.78, 5) is 48.8. The number of esters is 1. The van der Waals surface area contributed by atoms with Crippen LogP contribution in [0.2, 0.25) is 0 Å². The van der Waals surface area contributed by atoms with E-state index in [9.17, 15) is 19.5 Å². The number of Topliss-reactive ketones (excluding diaryl/α,β-unsaturated/α-hetero) is 1. The third kappa shape index (κ3) is 4.72. The van der Waals surface area contributed by atoms with E-state index in [1.807, 2.05) is 6.92 Å². The number of thiazole rings is 1. The number of aromatic nitrogens is 2. The summed E-state index contributed by atoms with van der Waals surface area (Å²) in [6, 6.07) is 9.02. The van der Waals surface area contributed by atoms with E-state index in [1.165, 1.54) is 11.1 Å². The van der Waals surface area contributed by atoms with E-state index in [0.717, 1.165) is 17.8 Å². The maximum Gasteiger partial charge on any atom is 0.350 e. The molecule has 0 aliphatic carbocycles. The third-order valence-electron chi connectivity index (χ3n) is 5.50. The van der Waals surface area contributed by atoms with Crippen molar-refractivity contribution in [3.8, 4) is 5.75 Å². The van der Waals surface area contributed by atoms with Crippen molar-refractivity contribution in [2.45, 2.75) is 33.2 Å². The topological polar surface area (TPSA) is 119 Å². The van der Waals surface area contributed by atoms with Crippen LogP contribution in [0.25, 0.3) is 5.76 Å². The second-order valence-corrected chi connectivity index (χ2v) is 8.94. The molecule has 10 heteroatoms. The molecule has 1 amide bonds. The van der Waals surface area contributed by atoms with E-state index in [-0.39, 0.29) is 27.9 Å². The van der Waals surface area contributed by atoms with Crippen LogP contribution in [0, 0.1) is 6.92 Å². The Balaban J connectivity index is 1.82. The van der Waals surface area contributed by atoms with Crippen LogP contribution in [0.3, 0.4) is 0 Å². The first-order valence-electron chi connectivity index (χ1n) is 11.5. The Morgan fingerprint density at radius 1 is 1.17 bits per heavy atom. The summed E-state index contributed by atoms with van der Waals surface area (Å²) >= 11 is 0.954. The molecule has 1 unspecified atom stereocenters. The second kappa shape index (κ2) is 10.7. The predicted octanol–water partition coefficient (Wildman–Crippen LogP) is 4.44. The average Bonchev–Trinajstić information content (AvgIpc) is 3.40. The molecule has 36 heavy (non-hydrogen) atoms. The molecular weight excluding hydrogens is 482 g/mol. The molecule has 0 spiro atoms. The number of carbonyl (C=O) groups is 3. The first-order chi connectivity index (χ1) is 17.4. The van der Waals surface area contributed by atoms with Crippen molar-refractivity contribution < 1.29 is 29.0 Å². The van der Waals surface area contributed by atoms with Gasteiger partial charge in [0.2, 0.25) is 0 Å². The summed E-state index contributed by atoms with van der Waals surface area (Å²) < 4.78 is 10.7. The number of carbonyl (C=O) groups excluding carboxylic acids is 3. The summed E-state index contributed by atoms with van der Waals surface area (Å²) in [5.74, 6) is -1.98. The first kappa shape index (κ1) is 25.1. The smallest absolute Gasteiger partial charge is 0.350 e. The minimum Gasteiger partial charge on any atom is -0.507 e. The zero-order chi connectivity index (χ0) is 25.8. The highest BCUT2D eigenvalue weighted by atomic mass is 32.1. The van der Waals surface area contributed by atoms with E-state index < -0.39 is 23.7 Å². The Hall–Kier alpha value is -4.05. The Bertz CT molecular complexity index is 1320. The Morgan fingerprint density at radius 3 is 2.56 bits per heavy atom. The molecule has 1 fully saturated rings. The van der Waals surface area contributed by atoms with Crippen molar-refractivity contribution in [1.29, 1.82) is 0 Å². The molecule has 2 aromatic heterocycles. The van der Waals surface area contributed by atoms with Crippen molar-refractivity contribution in [1.82, 2.24) is 9.97 Å². The number of pyridine rings is 1. The van der Waals surface area contributed by atoms with Gasteiger partial charge in [0, 0.05) is 18.0 Å². The van der Waals surface area contributed by atoms with Crippen LogP contribution in [-0.2, 0) is 14.3 Å². The zero-order valence-corrected chi connectivity index (χ0v) is 20.9. The minimum absolute atomic E-state index is 0.0965. The van der Waals surface area contributed by atoms with E-state index in [0.29, 0.717) is 29.2 Å². The second-order valence-electron chi connectivity index (χ2n) is 7.96. The van der Waals surface area contributed by atoms with Gasteiger partial charge in [0.25, 0.3) is 5.78 Å². The van der Waals surface area contributed by atoms with Gasteiger partial charge in [-0.15, -0.1) is 0 Å². The number of amides is 1. The van der Waals surface area contributed by atoms with Crippen LogP contribution >= 0.6 is 11.3 Å². The highest BCUT2D eigenvalue weighted by Crippen LogP contribution is 2.43. The van der Waals surface area contributed by atoms with Gasteiger partial charge < -0.3 is 14.6 Å². The van der Waals surface area contributed by atoms with Gasteiger partial charge in [-0.1, -0.05) is 24.3 Å². The maximum absolute atomic E-state index is 13.3. The highest BCUT2D eigenvalue weighted by Gasteiger charge is 2.48. The molecule has 186 valence electrons. The molecule has 0 radical (unpaired) electrons. The molecule has 4 rings (SSSR count). The molecule has 1 atom stereocenters. The van der Waals surface area contributed by atoms with Gasteiger partial charge in [-0.2, -0.15) is 0 Å². The summed E-state index contributed by atoms with van der Waals surface area (Å²) in [6.07, 6.45) is 3.94. The molecule has 1 aliphatic rings. The van der Waals surface area contributed by atoms with Gasteiger partial charge in [0.15, 0.2) is 5.13 Å². The molecule has 1 aromatic carbocycles. The molecule has 1 aliphatic heterocycles. The number of hydrogen-bond acceptors (Lipinski definition) is 9. The van der Waals surface area contributed by atoms with Crippen LogP contribution in [0.4, 0.5) is 5.13 Å². The fourth-order valence-corrected chi connectivity index (χ4v) is 4.83. The molecule has 0 bridgehead atoms. The molecule has 1 saturated heterocycles. The third-order valence-corrected chi connectivity index (χ3v) is 6.63. The van der Waals surface area contributed by atoms with Crippen LogP contribution in [0.1, 0.15) is 52.8 Å². The Labute approximate surface area is 212 Å². The van der Waals surface area contributed by atoms with Crippen molar-refractivity contribution in [3.05, 3.63) is 76.1 Å². The number of hydrogen-bond donors (Lipinski definition) is 1. The van der Waals surface area contributed by atoms with Gasteiger partial charge in [-0.25, -0.2) is 9.78 Å². The number of benzene rings is 1. The number of aryl methyl sites for hydroxylation is 1. The SMILES string of the molecule is CCCOc1ccc(/C(O)=C2/C(=O)C(=O)N(c3nc(C)c(C(=O)OCC)s3)C2c2cccnc2)cc1. The zero-order valence-electron chi connectivity index (χ0n) is 20.1. The standard InChI is InChI=1S/C26H25N3O6S/c1-4-13-35-18-10-8-16(9-11-18)21(30)19-20(17-7-6-12-27-14-17)29(24(32)22(19)31)26-28-15(3)23(36-26)25(33)34-5-2/h6-12,14,20,30H,4-5,13H2,1-3H3/b21-19-. The van der Waals surface area contributed by atoms with Crippen LogP contribution in [0.15, 0.2) is 54.4 Å². The maximum atomic E-state index is 13.3. The monoisotopic (exact) mass is 507 g/mol. The minimum atomic E-state index is -0.990. The van der Waals surface area contributed by atoms with E-state index >= 15 is 0 Å². The van der Waals surface area contributed by atoms with Crippen LogP contribution in [0.5, 0.6) is 5.75 Å². The lowest BCUT2D eigenvalue weighted by molar-refractivity contribution is -0.132. The summed E-state index contributed by atoms with van der Waals surface area (Å²) in [7, 11) is 0. The van der Waals surface area contributed by atoms with Crippen molar-refractivity contribution in [3.63, 3.8) is 0 Å². The van der Waals surface area contributed by atoms with E-state index in [1.54, 1.807) is 56.4 Å². The number of nitrogens with zero attached hydrogens (tertiary/aromatic N) is 3. The lowest BCUT2D eigenvalue weighted by Gasteiger charge is -2.22. The van der Waals surface area contributed by atoms with Crippen molar-refractivity contribution in [2.24, 2.45) is 0 Å². The Morgan fingerprint density at radius 2 is 1.92 bits per heavy atom. The average molecular weight is 508 g/mol. The van der Waals surface area contributed by atoms with Gasteiger partial charge >= 0.3 is 11.9 Å². The van der Waals surface area contributed by atoms with Gasteiger partial charge in [-0.05, 0) is 56.2 Å². The van der Waals surface area contributed by atoms with Crippen molar-refractivity contribution >= 4 is 39.9 Å². The van der Waals surface area contributed by atoms with Gasteiger partial charge in [0.05, 0.1) is 30.5 Å². The molecule has 9 nitrogen and oxygen atoms in total. The number of aliphatic hydroxyl groups excluding tert-OH is 1. The number of ketones is 1. The van der Waals surface area contributed by atoms with Crippen molar-refractivity contribution in [2.75, 3.05) is 18.1 Å². The fraction of sp³-hybridized carbons (Fsp3) is 0.269. The lowest BCUT2D eigenvalue weighted by atomic mass is 9.96. The lowest BCUT2D eigenvalue weighted by Crippen LogP contribution is -2.29. The quantitative estimate of drug-likeness (QED) is 0.206. The molecular formula is C26H25N3O6S. The van der Waals surface area contributed by atoms with E-state index in [2.05, 4.69) is 9.97 Å². The molecule has 3 heterocycles. The highest BCUT2D eigenvalue weighted by molar-refractivity contribution is 7.17.